The summed E-state index contributed by atoms with van der Waals surface area (Å²) in [6.45, 7) is 8.17. The van der Waals surface area contributed by atoms with E-state index in [4.69, 9.17) is 0 Å². The van der Waals surface area contributed by atoms with Gasteiger partial charge in [-0.15, -0.1) is 0 Å². The van der Waals surface area contributed by atoms with Crippen LogP contribution in [0.2, 0.25) is 0 Å². The minimum Gasteiger partial charge on any atom is -0.350 e. The Morgan fingerprint density at radius 2 is 1.26 bits per heavy atom. The second-order valence-electron chi connectivity index (χ2n) is 9.82. The number of carbonyl (C=O) groups is 2. The second-order valence-corrected chi connectivity index (χ2v) is 9.82. The molecule has 3 aromatic carbocycles. The molecule has 0 aliphatic heterocycles. The van der Waals surface area contributed by atoms with Gasteiger partial charge in [0.1, 0.15) is 6.04 Å². The number of hydrogen-bond acceptors (Lipinski definition) is 2. The summed E-state index contributed by atoms with van der Waals surface area (Å²) in [6, 6.07) is 29.8. The van der Waals surface area contributed by atoms with Crippen molar-refractivity contribution in [1.82, 2.24) is 10.2 Å². The van der Waals surface area contributed by atoms with Crippen molar-refractivity contribution in [3.05, 3.63) is 108 Å². The maximum Gasteiger partial charge on any atom is 0.242 e. The summed E-state index contributed by atoms with van der Waals surface area (Å²) in [5, 5.41) is 3.04. The van der Waals surface area contributed by atoms with Gasteiger partial charge in [0.25, 0.3) is 0 Å². The fourth-order valence-electron chi connectivity index (χ4n) is 4.13. The Morgan fingerprint density at radius 3 is 1.74 bits per heavy atom. The Balaban J connectivity index is 1.86. The van der Waals surface area contributed by atoms with Crippen LogP contribution in [-0.2, 0) is 16.0 Å². The molecule has 0 saturated carbocycles. The van der Waals surface area contributed by atoms with Crippen LogP contribution in [0, 0.1) is 0 Å². The number of hydrogen-bond donors (Lipinski definition) is 1. The molecule has 34 heavy (non-hydrogen) atoms. The third-order valence-corrected chi connectivity index (χ3v) is 5.93. The van der Waals surface area contributed by atoms with Gasteiger partial charge < -0.3 is 10.2 Å². The molecule has 0 bridgehead atoms. The Hall–Kier alpha value is -3.40. The first-order valence-electron chi connectivity index (χ1n) is 12.0. The van der Waals surface area contributed by atoms with E-state index in [9.17, 15) is 9.59 Å². The molecule has 1 atom stereocenters. The Kier molecular flexibility index (Phi) is 8.64. The first kappa shape index (κ1) is 25.2. The lowest BCUT2D eigenvalue weighted by Crippen LogP contribution is -2.53. The second kappa shape index (κ2) is 11.6. The van der Waals surface area contributed by atoms with Crippen molar-refractivity contribution in [2.45, 2.75) is 58.0 Å². The van der Waals surface area contributed by atoms with Gasteiger partial charge in [-0.3, -0.25) is 9.59 Å². The first-order chi connectivity index (χ1) is 16.2. The smallest absolute Gasteiger partial charge is 0.242 e. The molecule has 2 amide bonds. The third kappa shape index (κ3) is 7.31. The zero-order chi connectivity index (χ0) is 24.6. The molecule has 4 nitrogen and oxygen atoms in total. The normalized spacial score (nSPS) is 12.3. The lowest BCUT2D eigenvalue weighted by atomic mass is 9.88. The molecule has 0 aromatic heterocycles. The van der Waals surface area contributed by atoms with E-state index < -0.39 is 6.04 Å². The van der Waals surface area contributed by atoms with Crippen LogP contribution in [0.4, 0.5) is 0 Å². The van der Waals surface area contributed by atoms with Crippen LogP contribution in [0.25, 0.3) is 0 Å². The van der Waals surface area contributed by atoms with Crippen LogP contribution >= 0.6 is 0 Å². The molecule has 1 N–H and O–H groups in total. The van der Waals surface area contributed by atoms with Gasteiger partial charge in [-0.25, -0.2) is 0 Å². The highest BCUT2D eigenvalue weighted by Crippen LogP contribution is 2.29. The number of carbonyl (C=O) groups excluding carboxylic acids is 2. The van der Waals surface area contributed by atoms with E-state index in [-0.39, 0.29) is 23.3 Å². The van der Waals surface area contributed by atoms with Gasteiger partial charge in [0.2, 0.25) is 11.8 Å². The van der Waals surface area contributed by atoms with E-state index >= 15 is 0 Å². The Labute approximate surface area is 204 Å². The molecule has 0 aliphatic carbocycles. The monoisotopic (exact) mass is 456 g/mol. The zero-order valence-corrected chi connectivity index (χ0v) is 20.7. The molecule has 0 saturated heterocycles. The molecule has 0 spiro atoms. The number of amides is 2. The van der Waals surface area contributed by atoms with Crippen LogP contribution < -0.4 is 5.32 Å². The van der Waals surface area contributed by atoms with E-state index in [0.717, 1.165) is 16.7 Å². The van der Waals surface area contributed by atoms with Crippen molar-refractivity contribution < 1.29 is 9.59 Å². The largest absolute Gasteiger partial charge is 0.350 e. The Bertz CT molecular complexity index is 1000. The standard InChI is InChI=1S/C30H36N2O2/c1-23(29(34)31-30(2,3)4)32(21-20-24-14-8-5-9-15-24)28(33)22-27(25-16-10-6-11-17-25)26-18-12-7-13-19-26/h5-19,23,27H,20-22H2,1-4H3,(H,31,34). The summed E-state index contributed by atoms with van der Waals surface area (Å²) >= 11 is 0. The van der Waals surface area contributed by atoms with Crippen LogP contribution in [-0.4, -0.2) is 34.8 Å². The maximum absolute atomic E-state index is 13.8. The van der Waals surface area contributed by atoms with E-state index in [1.807, 2.05) is 82.3 Å². The van der Waals surface area contributed by atoms with Crippen molar-refractivity contribution in [1.29, 1.82) is 0 Å². The quantitative estimate of drug-likeness (QED) is 0.457. The van der Waals surface area contributed by atoms with Crippen molar-refractivity contribution in [2.75, 3.05) is 6.54 Å². The summed E-state index contributed by atoms with van der Waals surface area (Å²) in [4.78, 5) is 28.6. The van der Waals surface area contributed by atoms with E-state index in [0.29, 0.717) is 19.4 Å². The molecule has 0 radical (unpaired) electrons. The van der Waals surface area contributed by atoms with Crippen LogP contribution in [0.5, 0.6) is 0 Å². The molecule has 3 aromatic rings. The maximum atomic E-state index is 13.8. The van der Waals surface area contributed by atoms with Gasteiger partial charge in [-0.1, -0.05) is 91.0 Å². The topological polar surface area (TPSA) is 49.4 Å². The third-order valence-electron chi connectivity index (χ3n) is 5.93. The van der Waals surface area contributed by atoms with Gasteiger partial charge >= 0.3 is 0 Å². The van der Waals surface area contributed by atoms with E-state index in [2.05, 4.69) is 41.7 Å². The van der Waals surface area contributed by atoms with Gasteiger partial charge in [0.05, 0.1) is 0 Å². The lowest BCUT2D eigenvalue weighted by Gasteiger charge is -2.32. The van der Waals surface area contributed by atoms with Gasteiger partial charge in [0, 0.05) is 24.4 Å². The van der Waals surface area contributed by atoms with Crippen molar-refractivity contribution in [2.24, 2.45) is 0 Å². The van der Waals surface area contributed by atoms with Crippen LogP contribution in [0.15, 0.2) is 91.0 Å². The van der Waals surface area contributed by atoms with Crippen molar-refractivity contribution in [3.63, 3.8) is 0 Å². The van der Waals surface area contributed by atoms with E-state index in [1.165, 1.54) is 0 Å². The molecular formula is C30H36N2O2. The lowest BCUT2D eigenvalue weighted by molar-refractivity contribution is -0.140. The molecule has 0 fully saturated rings. The van der Waals surface area contributed by atoms with Gasteiger partial charge in [0.15, 0.2) is 0 Å². The summed E-state index contributed by atoms with van der Waals surface area (Å²) in [5.74, 6) is -0.234. The number of nitrogens with one attached hydrogen (secondary N) is 1. The van der Waals surface area contributed by atoms with Crippen molar-refractivity contribution in [3.8, 4) is 0 Å². The van der Waals surface area contributed by atoms with Crippen molar-refractivity contribution >= 4 is 11.8 Å². The predicted molar refractivity (Wildman–Crippen MR) is 139 cm³/mol. The fourth-order valence-corrected chi connectivity index (χ4v) is 4.13. The molecule has 4 heteroatoms. The first-order valence-corrected chi connectivity index (χ1v) is 12.0. The zero-order valence-electron chi connectivity index (χ0n) is 20.7. The summed E-state index contributed by atoms with van der Waals surface area (Å²) in [5.41, 5.74) is 2.97. The molecule has 1 unspecified atom stereocenters. The summed E-state index contributed by atoms with van der Waals surface area (Å²) in [7, 11) is 0. The van der Waals surface area contributed by atoms with Crippen LogP contribution in [0.3, 0.4) is 0 Å². The molecule has 0 heterocycles. The van der Waals surface area contributed by atoms with E-state index in [1.54, 1.807) is 4.90 Å². The fraction of sp³-hybridized carbons (Fsp3) is 0.333. The molecule has 3 rings (SSSR count). The molecular weight excluding hydrogens is 420 g/mol. The Morgan fingerprint density at radius 1 is 0.794 bits per heavy atom. The average Bonchev–Trinajstić information content (AvgIpc) is 2.83. The minimum absolute atomic E-state index is 0.0230. The highest BCUT2D eigenvalue weighted by Gasteiger charge is 2.30. The number of rotatable bonds is 9. The SMILES string of the molecule is CC(C(=O)NC(C)(C)C)N(CCc1ccccc1)C(=O)CC(c1ccccc1)c1ccccc1. The number of benzene rings is 3. The summed E-state index contributed by atoms with van der Waals surface area (Å²) < 4.78 is 0. The average molecular weight is 457 g/mol. The van der Waals surface area contributed by atoms with Gasteiger partial charge in [-0.2, -0.15) is 0 Å². The molecule has 0 aliphatic rings. The van der Waals surface area contributed by atoms with Gasteiger partial charge in [-0.05, 0) is 50.8 Å². The number of nitrogens with zero attached hydrogens (tertiary/aromatic N) is 1. The summed E-state index contributed by atoms with van der Waals surface area (Å²) in [6.07, 6.45) is 0.997. The predicted octanol–water partition coefficient (Wildman–Crippen LogP) is 5.58. The molecule has 178 valence electrons. The highest BCUT2D eigenvalue weighted by atomic mass is 16.2. The van der Waals surface area contributed by atoms with Crippen LogP contribution in [0.1, 0.15) is 56.7 Å². The highest BCUT2D eigenvalue weighted by molar-refractivity contribution is 5.88. The minimum atomic E-state index is -0.567.